The lowest BCUT2D eigenvalue weighted by molar-refractivity contribution is -0.145. The Hall–Kier alpha value is -1.95. The number of fused-ring (bicyclic) bond motifs is 4. The van der Waals surface area contributed by atoms with Crippen molar-refractivity contribution in [2.24, 2.45) is 16.8 Å². The summed E-state index contributed by atoms with van der Waals surface area (Å²) in [4.78, 5) is 31.9. The second-order valence-electron chi connectivity index (χ2n) is 8.30. The average molecular weight is 372 g/mol. The first-order valence-electron chi connectivity index (χ1n) is 10.00. The fourth-order valence-corrected chi connectivity index (χ4v) is 5.26. The molecule has 3 heterocycles. The Balaban J connectivity index is 1.59. The van der Waals surface area contributed by atoms with Crippen LogP contribution in [0, 0.1) is 11.8 Å². The summed E-state index contributed by atoms with van der Waals surface area (Å²) in [5.74, 6) is -0.0645. The molecule has 0 spiro atoms. The number of aliphatic hydroxyl groups is 1. The second-order valence-corrected chi connectivity index (χ2v) is 8.30. The molecule has 0 saturated carbocycles. The van der Waals surface area contributed by atoms with E-state index in [1.807, 2.05) is 6.92 Å². The van der Waals surface area contributed by atoms with Gasteiger partial charge in [-0.1, -0.05) is 13.0 Å². The van der Waals surface area contributed by atoms with Gasteiger partial charge in [-0.25, -0.2) is 0 Å². The fraction of sp³-hybridized carbons (Fsp3) is 0.667. The molecule has 6 nitrogen and oxygen atoms in total. The minimum atomic E-state index is -1.32. The standard InChI is InChI=1S/C21H28N2O4/c1-3-21(26,11-18(25)27-2)15-9-13-8-14-12-23-7-5-4-6-16(23)19(14)22-20(13)17(24)10-15/h5,7,10,13-14,16,19,26H,3-4,6,8-9,11-12H2,1-2H3. The predicted octanol–water partition coefficient (Wildman–Crippen LogP) is 2.03. The van der Waals surface area contributed by atoms with Crippen LogP contribution in [0.15, 0.2) is 28.9 Å². The molecule has 0 aromatic carbocycles. The lowest BCUT2D eigenvalue weighted by Crippen LogP contribution is -2.44. The van der Waals surface area contributed by atoms with Gasteiger partial charge in [-0.3, -0.25) is 14.6 Å². The smallest absolute Gasteiger partial charge is 0.308 e. The van der Waals surface area contributed by atoms with E-state index in [0.29, 0.717) is 36.1 Å². The molecule has 1 saturated heterocycles. The molecule has 3 aliphatic heterocycles. The SMILES string of the molecule is CCC(O)(CC(=O)OC)C1=CC(=O)C2=NC3C(CC2C1)CN1C=CCCC31. The van der Waals surface area contributed by atoms with Gasteiger partial charge in [0.05, 0.1) is 36.9 Å². The average Bonchev–Trinajstić information content (AvgIpc) is 3.03. The Kier molecular flexibility index (Phi) is 4.70. The van der Waals surface area contributed by atoms with Crippen LogP contribution in [-0.4, -0.2) is 58.8 Å². The van der Waals surface area contributed by atoms with Crippen molar-refractivity contribution in [1.29, 1.82) is 0 Å². The lowest BCUT2D eigenvalue weighted by atomic mass is 9.71. The number of allylic oxidation sites excluding steroid dienone is 2. The Morgan fingerprint density at radius 3 is 3.04 bits per heavy atom. The van der Waals surface area contributed by atoms with E-state index in [1.54, 1.807) is 0 Å². The van der Waals surface area contributed by atoms with E-state index < -0.39 is 11.6 Å². The van der Waals surface area contributed by atoms with E-state index in [0.717, 1.165) is 25.8 Å². The van der Waals surface area contributed by atoms with Crippen LogP contribution in [0.1, 0.15) is 45.4 Å². The molecule has 1 N–H and O–H groups in total. The summed E-state index contributed by atoms with van der Waals surface area (Å²) in [6.45, 7) is 2.82. The van der Waals surface area contributed by atoms with Crippen molar-refractivity contribution in [2.45, 2.75) is 63.1 Å². The summed E-state index contributed by atoms with van der Waals surface area (Å²) < 4.78 is 4.74. The maximum absolute atomic E-state index is 12.8. The molecule has 1 aliphatic carbocycles. The van der Waals surface area contributed by atoms with Crippen molar-refractivity contribution in [3.05, 3.63) is 23.9 Å². The number of hydrogen-bond acceptors (Lipinski definition) is 6. The topological polar surface area (TPSA) is 79.2 Å². The van der Waals surface area contributed by atoms with E-state index >= 15 is 0 Å². The zero-order valence-electron chi connectivity index (χ0n) is 16.1. The molecule has 5 atom stereocenters. The predicted molar refractivity (Wildman–Crippen MR) is 101 cm³/mol. The third-order valence-corrected chi connectivity index (χ3v) is 6.81. The van der Waals surface area contributed by atoms with Crippen LogP contribution in [0.3, 0.4) is 0 Å². The van der Waals surface area contributed by atoms with Crippen molar-refractivity contribution < 1.29 is 19.4 Å². The Labute approximate surface area is 160 Å². The van der Waals surface area contributed by atoms with Gasteiger partial charge >= 0.3 is 5.97 Å². The number of ether oxygens (including phenoxy) is 1. The van der Waals surface area contributed by atoms with Gasteiger partial charge in [-0.2, -0.15) is 0 Å². The number of nitrogens with zero attached hydrogens (tertiary/aromatic N) is 2. The summed E-state index contributed by atoms with van der Waals surface area (Å²) in [5.41, 5.74) is 0.00690. The van der Waals surface area contributed by atoms with Gasteiger partial charge in [0, 0.05) is 18.4 Å². The maximum atomic E-state index is 12.8. The van der Waals surface area contributed by atoms with Gasteiger partial charge in [0.1, 0.15) is 0 Å². The number of hydrogen-bond donors (Lipinski definition) is 1. The number of aliphatic imine (C=N–C) groups is 1. The van der Waals surface area contributed by atoms with Crippen molar-refractivity contribution in [3.8, 4) is 0 Å². The van der Waals surface area contributed by atoms with Crippen LogP contribution in [0.25, 0.3) is 0 Å². The molecule has 4 aliphatic rings. The molecule has 4 rings (SSSR count). The third kappa shape index (κ3) is 3.14. The molecule has 5 unspecified atom stereocenters. The summed E-state index contributed by atoms with van der Waals surface area (Å²) in [6, 6.07) is 0.624. The summed E-state index contributed by atoms with van der Waals surface area (Å²) in [5, 5.41) is 11.0. The number of methoxy groups -OCH3 is 1. The summed E-state index contributed by atoms with van der Waals surface area (Å²) in [7, 11) is 1.31. The highest BCUT2D eigenvalue weighted by Gasteiger charge is 2.48. The first kappa shape index (κ1) is 18.4. The second kappa shape index (κ2) is 6.89. The van der Waals surface area contributed by atoms with Gasteiger partial charge in [-0.15, -0.1) is 0 Å². The number of rotatable bonds is 4. The van der Waals surface area contributed by atoms with E-state index in [4.69, 9.17) is 9.73 Å². The summed E-state index contributed by atoms with van der Waals surface area (Å²) in [6.07, 6.45) is 9.87. The fourth-order valence-electron chi connectivity index (χ4n) is 5.26. The molecular weight excluding hydrogens is 344 g/mol. The van der Waals surface area contributed by atoms with Gasteiger partial charge in [-0.05, 0) is 50.0 Å². The highest BCUT2D eigenvalue weighted by molar-refractivity contribution is 6.45. The zero-order valence-corrected chi connectivity index (χ0v) is 16.1. The van der Waals surface area contributed by atoms with Crippen LogP contribution in [0.5, 0.6) is 0 Å². The minimum absolute atomic E-state index is 0.0415. The third-order valence-electron chi connectivity index (χ3n) is 6.81. The van der Waals surface area contributed by atoms with Gasteiger partial charge < -0.3 is 14.7 Å². The number of ketones is 1. The van der Waals surface area contributed by atoms with E-state index in [-0.39, 0.29) is 24.2 Å². The number of carbonyl (C=O) groups excluding carboxylic acids is 2. The van der Waals surface area contributed by atoms with Crippen LogP contribution in [0.4, 0.5) is 0 Å². The summed E-state index contributed by atoms with van der Waals surface area (Å²) >= 11 is 0. The monoisotopic (exact) mass is 372 g/mol. The van der Waals surface area contributed by atoms with Gasteiger partial charge in [0.15, 0.2) is 5.78 Å². The zero-order chi connectivity index (χ0) is 19.2. The van der Waals surface area contributed by atoms with Crippen LogP contribution in [0.2, 0.25) is 0 Å². The highest BCUT2D eigenvalue weighted by Crippen LogP contribution is 2.43. The molecule has 0 aromatic rings. The van der Waals surface area contributed by atoms with E-state index in [9.17, 15) is 14.7 Å². The Morgan fingerprint density at radius 2 is 2.30 bits per heavy atom. The van der Waals surface area contributed by atoms with E-state index in [1.165, 1.54) is 13.2 Å². The molecule has 27 heavy (non-hydrogen) atoms. The largest absolute Gasteiger partial charge is 0.469 e. The van der Waals surface area contributed by atoms with Crippen LogP contribution >= 0.6 is 0 Å². The molecular formula is C21H28N2O4. The maximum Gasteiger partial charge on any atom is 0.308 e. The number of esters is 1. The lowest BCUT2D eigenvalue weighted by Gasteiger charge is -2.38. The molecule has 6 heteroatoms. The highest BCUT2D eigenvalue weighted by atomic mass is 16.5. The molecule has 0 bridgehead atoms. The van der Waals surface area contributed by atoms with Crippen molar-refractivity contribution >= 4 is 17.5 Å². The molecule has 0 aromatic heterocycles. The molecule has 146 valence electrons. The van der Waals surface area contributed by atoms with Gasteiger partial charge in [0.25, 0.3) is 0 Å². The molecule has 0 radical (unpaired) electrons. The Morgan fingerprint density at radius 1 is 1.48 bits per heavy atom. The van der Waals surface area contributed by atoms with Crippen molar-refractivity contribution in [2.75, 3.05) is 13.7 Å². The van der Waals surface area contributed by atoms with Crippen LogP contribution in [-0.2, 0) is 14.3 Å². The normalized spacial score (nSPS) is 34.0. The quantitative estimate of drug-likeness (QED) is 0.764. The first-order chi connectivity index (χ1) is 12.9. The van der Waals surface area contributed by atoms with Crippen LogP contribution < -0.4 is 0 Å². The molecule has 1 fully saturated rings. The van der Waals surface area contributed by atoms with Gasteiger partial charge in [0.2, 0.25) is 0 Å². The Bertz CT molecular complexity index is 740. The first-order valence-corrected chi connectivity index (χ1v) is 10.00. The minimum Gasteiger partial charge on any atom is -0.469 e. The van der Waals surface area contributed by atoms with Crippen molar-refractivity contribution in [3.63, 3.8) is 0 Å². The van der Waals surface area contributed by atoms with Crippen molar-refractivity contribution in [1.82, 2.24) is 4.90 Å². The number of carbonyl (C=O) groups is 2. The molecule has 0 amide bonds. The van der Waals surface area contributed by atoms with E-state index in [2.05, 4.69) is 17.2 Å².